The Morgan fingerprint density at radius 2 is 1.43 bits per heavy atom. The van der Waals surface area contributed by atoms with Crippen molar-refractivity contribution in [3.63, 3.8) is 0 Å². The van der Waals surface area contributed by atoms with Gasteiger partial charge in [-0.1, -0.05) is 111 Å². The molecule has 1 aromatic heterocycles. The quantitative estimate of drug-likeness (QED) is 0.237. The van der Waals surface area contributed by atoms with Crippen molar-refractivity contribution in [1.29, 1.82) is 0 Å². The average molecular weight is 422 g/mol. The van der Waals surface area contributed by atoms with Gasteiger partial charge in [0.25, 0.3) is 5.91 Å². The Kier molecular flexibility index (Phi) is 15.4. The standard InChI is InChI=1S/C25H47N3O2/c1-4-6-7-8-9-10-11-12-13-14-15-16-17-18-19-27-24(29)22-20-30-25(28-22)23(26)21(3)5-2/h20-21,23H,4-19,26H2,1-3H3,(H,27,29). The lowest BCUT2D eigenvalue weighted by atomic mass is 10.0. The smallest absolute Gasteiger partial charge is 0.273 e. The van der Waals surface area contributed by atoms with Crippen LogP contribution in [0.5, 0.6) is 0 Å². The van der Waals surface area contributed by atoms with Crippen molar-refractivity contribution < 1.29 is 9.21 Å². The van der Waals surface area contributed by atoms with E-state index in [0.717, 1.165) is 12.8 Å². The molecule has 2 unspecified atom stereocenters. The predicted molar refractivity (Wildman–Crippen MR) is 126 cm³/mol. The predicted octanol–water partition coefficient (Wildman–Crippen LogP) is 6.93. The SMILES string of the molecule is CCCCCCCCCCCCCCCCNC(=O)c1coc(C(N)C(C)CC)n1. The molecule has 1 amide bonds. The van der Waals surface area contributed by atoms with Gasteiger partial charge in [-0.2, -0.15) is 0 Å². The van der Waals surface area contributed by atoms with Gasteiger partial charge < -0.3 is 15.5 Å². The molecule has 0 spiro atoms. The van der Waals surface area contributed by atoms with Crippen LogP contribution in [0.2, 0.25) is 0 Å². The van der Waals surface area contributed by atoms with E-state index in [1.54, 1.807) is 0 Å². The average Bonchev–Trinajstić information content (AvgIpc) is 3.25. The molecule has 1 aromatic rings. The normalized spacial score (nSPS) is 13.3. The summed E-state index contributed by atoms with van der Waals surface area (Å²) >= 11 is 0. The number of oxazole rings is 1. The molecule has 0 aromatic carbocycles. The van der Waals surface area contributed by atoms with Crippen LogP contribution in [0.1, 0.15) is 140 Å². The molecular formula is C25H47N3O2. The van der Waals surface area contributed by atoms with E-state index in [2.05, 4.69) is 31.1 Å². The Labute approximate surface area is 185 Å². The van der Waals surface area contributed by atoms with Crippen molar-refractivity contribution >= 4 is 5.91 Å². The van der Waals surface area contributed by atoms with Crippen LogP contribution in [0.25, 0.3) is 0 Å². The minimum Gasteiger partial charge on any atom is -0.446 e. The summed E-state index contributed by atoms with van der Waals surface area (Å²) in [5.74, 6) is 0.553. The van der Waals surface area contributed by atoms with Gasteiger partial charge in [-0.05, 0) is 12.3 Å². The van der Waals surface area contributed by atoms with Gasteiger partial charge in [0.15, 0.2) is 5.69 Å². The van der Waals surface area contributed by atoms with Crippen LogP contribution in [0, 0.1) is 5.92 Å². The van der Waals surface area contributed by atoms with Crippen molar-refractivity contribution in [2.45, 2.75) is 123 Å². The number of carbonyl (C=O) groups is 1. The van der Waals surface area contributed by atoms with E-state index in [9.17, 15) is 4.79 Å². The molecular weight excluding hydrogens is 374 g/mol. The lowest BCUT2D eigenvalue weighted by Crippen LogP contribution is -2.25. The van der Waals surface area contributed by atoms with Gasteiger partial charge in [0.2, 0.25) is 5.89 Å². The van der Waals surface area contributed by atoms with E-state index < -0.39 is 0 Å². The highest BCUT2D eigenvalue weighted by molar-refractivity contribution is 5.91. The Balaban J connectivity index is 1.96. The summed E-state index contributed by atoms with van der Waals surface area (Å²) in [6.07, 6.45) is 21.1. The summed E-state index contributed by atoms with van der Waals surface area (Å²) in [5, 5.41) is 2.94. The minimum atomic E-state index is -0.262. The second-order valence-corrected chi connectivity index (χ2v) is 8.83. The molecule has 0 radical (unpaired) electrons. The second kappa shape index (κ2) is 17.3. The van der Waals surface area contributed by atoms with Crippen LogP contribution >= 0.6 is 0 Å². The number of nitrogens with two attached hydrogens (primary N) is 1. The first-order valence-corrected chi connectivity index (χ1v) is 12.6. The van der Waals surface area contributed by atoms with Gasteiger partial charge in [-0.3, -0.25) is 4.79 Å². The van der Waals surface area contributed by atoms with Crippen molar-refractivity contribution in [2.75, 3.05) is 6.54 Å². The van der Waals surface area contributed by atoms with E-state index in [-0.39, 0.29) is 17.9 Å². The summed E-state index contributed by atoms with van der Waals surface area (Å²) in [7, 11) is 0. The molecule has 0 saturated heterocycles. The van der Waals surface area contributed by atoms with Crippen molar-refractivity contribution in [3.05, 3.63) is 17.8 Å². The highest BCUT2D eigenvalue weighted by atomic mass is 16.3. The third-order valence-electron chi connectivity index (χ3n) is 6.11. The Bertz CT molecular complexity index is 544. The summed E-state index contributed by atoms with van der Waals surface area (Å²) in [5.41, 5.74) is 6.44. The van der Waals surface area contributed by atoms with Crippen LogP contribution < -0.4 is 11.1 Å². The number of carbonyl (C=O) groups excluding carboxylic acids is 1. The van der Waals surface area contributed by atoms with Crippen LogP contribution in [0.4, 0.5) is 0 Å². The van der Waals surface area contributed by atoms with Gasteiger partial charge in [0.05, 0.1) is 6.04 Å². The van der Waals surface area contributed by atoms with Crippen LogP contribution in [0.15, 0.2) is 10.7 Å². The van der Waals surface area contributed by atoms with Crippen molar-refractivity contribution in [1.82, 2.24) is 10.3 Å². The number of amides is 1. The van der Waals surface area contributed by atoms with E-state index in [1.807, 2.05) is 0 Å². The zero-order valence-corrected chi connectivity index (χ0v) is 19.9. The lowest BCUT2D eigenvalue weighted by Gasteiger charge is -2.13. The maximum atomic E-state index is 12.2. The molecule has 1 heterocycles. The molecule has 0 aliphatic heterocycles. The maximum absolute atomic E-state index is 12.2. The Morgan fingerprint density at radius 1 is 0.933 bits per heavy atom. The topological polar surface area (TPSA) is 81.2 Å². The summed E-state index contributed by atoms with van der Waals surface area (Å²) in [6.45, 7) is 7.10. The van der Waals surface area contributed by atoms with Gasteiger partial charge in [0.1, 0.15) is 6.26 Å². The number of rotatable bonds is 19. The molecule has 3 N–H and O–H groups in total. The van der Waals surface area contributed by atoms with Gasteiger partial charge in [0, 0.05) is 6.54 Å². The third kappa shape index (κ3) is 11.7. The first kappa shape index (κ1) is 26.7. The van der Waals surface area contributed by atoms with Crippen molar-refractivity contribution in [3.8, 4) is 0 Å². The van der Waals surface area contributed by atoms with E-state index in [4.69, 9.17) is 10.2 Å². The van der Waals surface area contributed by atoms with Crippen LogP contribution in [-0.4, -0.2) is 17.4 Å². The maximum Gasteiger partial charge on any atom is 0.273 e. The molecule has 0 fully saturated rings. The number of nitrogens with zero attached hydrogens (tertiary/aromatic N) is 1. The molecule has 174 valence electrons. The monoisotopic (exact) mass is 421 g/mol. The number of hydrogen-bond acceptors (Lipinski definition) is 4. The number of unbranched alkanes of at least 4 members (excludes halogenated alkanes) is 13. The zero-order valence-electron chi connectivity index (χ0n) is 19.9. The minimum absolute atomic E-state index is 0.170. The molecule has 0 aliphatic rings. The lowest BCUT2D eigenvalue weighted by molar-refractivity contribution is 0.0948. The first-order valence-electron chi connectivity index (χ1n) is 12.6. The molecule has 30 heavy (non-hydrogen) atoms. The zero-order chi connectivity index (χ0) is 22.0. The fourth-order valence-corrected chi connectivity index (χ4v) is 3.65. The third-order valence-corrected chi connectivity index (χ3v) is 6.11. The Morgan fingerprint density at radius 3 is 1.93 bits per heavy atom. The van der Waals surface area contributed by atoms with Crippen molar-refractivity contribution in [2.24, 2.45) is 11.7 Å². The summed E-state index contributed by atoms with van der Waals surface area (Å²) < 4.78 is 5.40. The summed E-state index contributed by atoms with van der Waals surface area (Å²) in [6, 6.07) is -0.262. The second-order valence-electron chi connectivity index (χ2n) is 8.83. The molecule has 1 rings (SSSR count). The first-order chi connectivity index (χ1) is 14.6. The molecule has 5 heteroatoms. The largest absolute Gasteiger partial charge is 0.446 e. The fourth-order valence-electron chi connectivity index (χ4n) is 3.65. The van der Waals surface area contributed by atoms with Gasteiger partial charge >= 0.3 is 0 Å². The van der Waals surface area contributed by atoms with Gasteiger partial charge in [-0.15, -0.1) is 0 Å². The van der Waals surface area contributed by atoms with Gasteiger partial charge in [-0.25, -0.2) is 4.98 Å². The molecule has 0 bridgehead atoms. The highest BCUT2D eigenvalue weighted by Crippen LogP contribution is 2.21. The fraction of sp³-hybridized carbons (Fsp3) is 0.840. The summed E-state index contributed by atoms with van der Waals surface area (Å²) in [4.78, 5) is 16.4. The molecule has 5 nitrogen and oxygen atoms in total. The highest BCUT2D eigenvalue weighted by Gasteiger charge is 2.20. The number of nitrogens with one attached hydrogen (secondary N) is 1. The van der Waals surface area contributed by atoms with E-state index >= 15 is 0 Å². The molecule has 2 atom stereocenters. The van der Waals surface area contributed by atoms with Crippen LogP contribution in [-0.2, 0) is 0 Å². The molecule has 0 aliphatic carbocycles. The van der Waals surface area contributed by atoms with E-state index in [0.29, 0.717) is 18.1 Å². The Hall–Kier alpha value is -1.36. The molecule has 0 saturated carbocycles. The van der Waals surface area contributed by atoms with E-state index in [1.165, 1.54) is 89.7 Å². The number of hydrogen-bond donors (Lipinski definition) is 2. The van der Waals surface area contributed by atoms with Crippen LogP contribution in [0.3, 0.4) is 0 Å². The number of aromatic nitrogens is 1.